The molecule has 3 fully saturated rings. The van der Waals surface area contributed by atoms with Gasteiger partial charge in [-0.3, -0.25) is 0 Å². The molecule has 0 N–H and O–H groups in total. The molecule has 0 spiro atoms. The Balaban J connectivity index is 1.95. The van der Waals surface area contributed by atoms with Crippen molar-refractivity contribution in [3.8, 4) is 0 Å². The number of hydrogen-bond donors (Lipinski definition) is 0. The zero-order valence-electron chi connectivity index (χ0n) is 6.75. The summed E-state index contributed by atoms with van der Waals surface area (Å²) < 4.78 is 0. The SMILES string of the molecule is S=C1C[C@@H]2C[C@H]1[C@@H]1CCC[C@H]21. The molecule has 0 nitrogen and oxygen atoms in total. The third-order valence-corrected chi connectivity index (χ3v) is 4.65. The average molecular weight is 166 g/mol. The lowest BCUT2D eigenvalue weighted by Gasteiger charge is -2.24. The van der Waals surface area contributed by atoms with E-state index in [0.717, 1.165) is 23.7 Å². The van der Waals surface area contributed by atoms with E-state index in [1.165, 1.54) is 37.0 Å². The molecule has 0 aromatic heterocycles. The lowest BCUT2D eigenvalue weighted by molar-refractivity contribution is 0.336. The van der Waals surface area contributed by atoms with E-state index in [0.29, 0.717) is 0 Å². The Morgan fingerprint density at radius 2 is 2.00 bits per heavy atom. The molecule has 3 rings (SSSR count). The van der Waals surface area contributed by atoms with Crippen molar-refractivity contribution < 1.29 is 0 Å². The fourth-order valence-electron chi connectivity index (χ4n) is 3.79. The fraction of sp³-hybridized carbons (Fsp3) is 0.900. The van der Waals surface area contributed by atoms with Crippen LogP contribution in [0, 0.1) is 23.7 Å². The summed E-state index contributed by atoms with van der Waals surface area (Å²) >= 11 is 5.39. The minimum atomic E-state index is 0.891. The summed E-state index contributed by atoms with van der Waals surface area (Å²) in [5.41, 5.74) is 0. The van der Waals surface area contributed by atoms with Gasteiger partial charge in [0.05, 0.1) is 0 Å². The van der Waals surface area contributed by atoms with Gasteiger partial charge in [0, 0.05) is 0 Å². The molecule has 3 aliphatic rings. The van der Waals surface area contributed by atoms with Gasteiger partial charge in [0.2, 0.25) is 0 Å². The van der Waals surface area contributed by atoms with Gasteiger partial charge < -0.3 is 0 Å². The van der Waals surface area contributed by atoms with Crippen molar-refractivity contribution in [2.75, 3.05) is 0 Å². The van der Waals surface area contributed by atoms with E-state index >= 15 is 0 Å². The van der Waals surface area contributed by atoms with E-state index in [1.54, 1.807) is 0 Å². The maximum atomic E-state index is 5.39. The van der Waals surface area contributed by atoms with Crippen LogP contribution in [0.25, 0.3) is 0 Å². The van der Waals surface area contributed by atoms with Gasteiger partial charge in [-0.1, -0.05) is 18.6 Å². The molecule has 4 atom stereocenters. The predicted octanol–water partition coefficient (Wildman–Crippen LogP) is 2.81. The molecule has 0 radical (unpaired) electrons. The second kappa shape index (κ2) is 2.07. The van der Waals surface area contributed by atoms with Gasteiger partial charge in [0.15, 0.2) is 0 Å². The van der Waals surface area contributed by atoms with Crippen molar-refractivity contribution in [3.05, 3.63) is 0 Å². The molecule has 0 saturated heterocycles. The first-order valence-electron chi connectivity index (χ1n) is 4.89. The third-order valence-electron chi connectivity index (χ3n) is 4.18. The van der Waals surface area contributed by atoms with Crippen molar-refractivity contribution in [2.24, 2.45) is 23.7 Å². The Kier molecular flexibility index (Phi) is 1.24. The highest BCUT2D eigenvalue weighted by Gasteiger charge is 2.51. The maximum Gasteiger partial charge on any atom is -0.00348 e. The van der Waals surface area contributed by atoms with E-state index in [9.17, 15) is 0 Å². The van der Waals surface area contributed by atoms with Gasteiger partial charge in [-0.25, -0.2) is 0 Å². The van der Waals surface area contributed by atoms with Crippen LogP contribution >= 0.6 is 12.2 Å². The summed E-state index contributed by atoms with van der Waals surface area (Å²) in [5, 5.41) is 0. The molecule has 2 bridgehead atoms. The molecule has 0 amide bonds. The van der Waals surface area contributed by atoms with Crippen molar-refractivity contribution >= 4 is 17.1 Å². The summed E-state index contributed by atoms with van der Waals surface area (Å²) in [5.74, 6) is 4.07. The number of hydrogen-bond acceptors (Lipinski definition) is 1. The van der Waals surface area contributed by atoms with Crippen LogP contribution in [0.2, 0.25) is 0 Å². The molecule has 1 heteroatoms. The number of rotatable bonds is 0. The van der Waals surface area contributed by atoms with Crippen LogP contribution in [0.1, 0.15) is 32.1 Å². The smallest absolute Gasteiger partial charge is 0.00348 e. The van der Waals surface area contributed by atoms with E-state index in [-0.39, 0.29) is 0 Å². The molecule has 11 heavy (non-hydrogen) atoms. The standard InChI is InChI=1S/C10H14S/c11-10-5-6-4-9(10)8-3-1-2-7(6)8/h6-9H,1-5H2/t6-,7+,8+,9-/m0/s1. The summed E-state index contributed by atoms with van der Waals surface area (Å²) in [6.45, 7) is 0. The molecule has 0 aliphatic heterocycles. The summed E-state index contributed by atoms with van der Waals surface area (Å²) in [6, 6.07) is 0. The van der Waals surface area contributed by atoms with Crippen molar-refractivity contribution in [2.45, 2.75) is 32.1 Å². The van der Waals surface area contributed by atoms with Crippen molar-refractivity contribution in [3.63, 3.8) is 0 Å². The number of thiocarbonyl (C=S) groups is 1. The summed E-state index contributed by atoms with van der Waals surface area (Å²) in [7, 11) is 0. The van der Waals surface area contributed by atoms with Gasteiger partial charge in [0.25, 0.3) is 0 Å². The van der Waals surface area contributed by atoms with Crippen LogP contribution in [0.3, 0.4) is 0 Å². The molecular formula is C10H14S. The highest BCUT2D eigenvalue weighted by molar-refractivity contribution is 7.80. The third kappa shape index (κ3) is 0.729. The van der Waals surface area contributed by atoms with Crippen LogP contribution in [0.5, 0.6) is 0 Å². The monoisotopic (exact) mass is 166 g/mol. The summed E-state index contributed by atoms with van der Waals surface area (Å²) in [4.78, 5) is 1.43. The van der Waals surface area contributed by atoms with Gasteiger partial charge in [-0.2, -0.15) is 0 Å². The quantitative estimate of drug-likeness (QED) is 0.499. The van der Waals surface area contributed by atoms with Crippen LogP contribution in [-0.2, 0) is 0 Å². The van der Waals surface area contributed by atoms with Crippen molar-refractivity contribution in [1.29, 1.82) is 0 Å². The normalized spacial score (nSPS) is 53.6. The average Bonchev–Trinajstić information content (AvgIpc) is 2.52. The van der Waals surface area contributed by atoms with Gasteiger partial charge in [-0.05, 0) is 54.2 Å². The zero-order chi connectivity index (χ0) is 7.42. The molecule has 60 valence electrons. The fourth-order valence-corrected chi connectivity index (χ4v) is 4.28. The van der Waals surface area contributed by atoms with E-state index in [1.807, 2.05) is 0 Å². The minimum absolute atomic E-state index is 0.891. The summed E-state index contributed by atoms with van der Waals surface area (Å²) in [6.07, 6.45) is 7.28. The molecule has 3 aliphatic carbocycles. The van der Waals surface area contributed by atoms with Crippen LogP contribution in [0.4, 0.5) is 0 Å². The Labute approximate surface area is 73.4 Å². The number of fused-ring (bicyclic) bond motifs is 5. The van der Waals surface area contributed by atoms with Crippen LogP contribution < -0.4 is 0 Å². The molecule has 0 aromatic carbocycles. The van der Waals surface area contributed by atoms with Crippen LogP contribution in [-0.4, -0.2) is 4.86 Å². The molecule has 0 unspecified atom stereocenters. The second-order valence-electron chi connectivity index (χ2n) is 4.53. The first-order valence-corrected chi connectivity index (χ1v) is 5.30. The Hall–Kier alpha value is 0.0900. The van der Waals surface area contributed by atoms with E-state index < -0.39 is 0 Å². The van der Waals surface area contributed by atoms with Gasteiger partial charge in [-0.15, -0.1) is 0 Å². The minimum Gasteiger partial charge on any atom is -0.0894 e. The molecule has 0 heterocycles. The lowest BCUT2D eigenvalue weighted by atomic mass is 9.82. The maximum absolute atomic E-state index is 5.39. The lowest BCUT2D eigenvalue weighted by Crippen LogP contribution is -2.22. The van der Waals surface area contributed by atoms with E-state index in [2.05, 4.69) is 0 Å². The molecular weight excluding hydrogens is 152 g/mol. The highest BCUT2D eigenvalue weighted by Crippen LogP contribution is 2.57. The van der Waals surface area contributed by atoms with Crippen LogP contribution in [0.15, 0.2) is 0 Å². The Morgan fingerprint density at radius 1 is 1.18 bits per heavy atom. The second-order valence-corrected chi connectivity index (χ2v) is 5.06. The zero-order valence-corrected chi connectivity index (χ0v) is 7.57. The van der Waals surface area contributed by atoms with Crippen molar-refractivity contribution in [1.82, 2.24) is 0 Å². The highest BCUT2D eigenvalue weighted by atomic mass is 32.1. The topological polar surface area (TPSA) is 0 Å². The first-order chi connectivity index (χ1) is 5.36. The van der Waals surface area contributed by atoms with E-state index in [4.69, 9.17) is 12.2 Å². The Morgan fingerprint density at radius 3 is 2.91 bits per heavy atom. The molecule has 0 aromatic rings. The first kappa shape index (κ1) is 6.59. The van der Waals surface area contributed by atoms with Gasteiger partial charge >= 0.3 is 0 Å². The predicted molar refractivity (Wildman–Crippen MR) is 49.6 cm³/mol. The Bertz CT molecular complexity index is 209. The molecule has 3 saturated carbocycles. The largest absolute Gasteiger partial charge is 0.0894 e. The van der Waals surface area contributed by atoms with Gasteiger partial charge in [0.1, 0.15) is 0 Å².